The van der Waals surface area contributed by atoms with Crippen LogP contribution in [0.1, 0.15) is 6.42 Å². The van der Waals surface area contributed by atoms with Gasteiger partial charge in [-0.2, -0.15) is 0 Å². The lowest BCUT2D eigenvalue weighted by molar-refractivity contribution is -0.141. The van der Waals surface area contributed by atoms with Crippen LogP contribution in [0.5, 0.6) is 5.75 Å². The Morgan fingerprint density at radius 1 is 1.22 bits per heavy atom. The smallest absolute Gasteiger partial charge is 0.308 e. The summed E-state index contributed by atoms with van der Waals surface area (Å²) in [6, 6.07) is 12.2. The van der Waals surface area contributed by atoms with Crippen LogP contribution in [0.15, 0.2) is 53.4 Å². The third-order valence-electron chi connectivity index (χ3n) is 4.25. The van der Waals surface area contributed by atoms with Crippen LogP contribution in [0.25, 0.3) is 0 Å². The molecular weight excluding hydrogens is 372 g/mol. The van der Waals surface area contributed by atoms with Gasteiger partial charge in [0.2, 0.25) is 5.91 Å². The summed E-state index contributed by atoms with van der Waals surface area (Å²) in [5.74, 6) is -1.55. The van der Waals surface area contributed by atoms with Gasteiger partial charge in [-0.1, -0.05) is 6.07 Å². The quantitative estimate of drug-likeness (QED) is 0.779. The summed E-state index contributed by atoms with van der Waals surface area (Å²) in [5, 5.41) is 9.05. The first-order chi connectivity index (χ1) is 12.8. The maximum absolute atomic E-state index is 12.5. The number of anilines is 2. The zero-order valence-electron chi connectivity index (χ0n) is 14.5. The van der Waals surface area contributed by atoms with Crippen molar-refractivity contribution in [2.45, 2.75) is 11.3 Å². The molecule has 0 aromatic heterocycles. The fourth-order valence-corrected chi connectivity index (χ4v) is 3.88. The van der Waals surface area contributed by atoms with Crippen molar-refractivity contribution in [3.8, 4) is 5.75 Å². The number of carboxylic acids is 1. The van der Waals surface area contributed by atoms with Crippen molar-refractivity contribution in [3.63, 3.8) is 0 Å². The first kappa shape index (κ1) is 18.7. The highest BCUT2D eigenvalue weighted by molar-refractivity contribution is 7.92. The molecule has 1 atom stereocenters. The van der Waals surface area contributed by atoms with E-state index in [9.17, 15) is 18.0 Å². The average Bonchev–Trinajstić information content (AvgIpc) is 3.04. The third kappa shape index (κ3) is 4.03. The Morgan fingerprint density at radius 3 is 2.52 bits per heavy atom. The monoisotopic (exact) mass is 390 g/mol. The highest BCUT2D eigenvalue weighted by Crippen LogP contribution is 2.27. The molecule has 1 fully saturated rings. The van der Waals surface area contributed by atoms with Crippen molar-refractivity contribution >= 4 is 33.3 Å². The molecule has 3 rings (SSSR count). The summed E-state index contributed by atoms with van der Waals surface area (Å²) in [7, 11) is -2.33. The Kier molecular flexibility index (Phi) is 5.04. The van der Waals surface area contributed by atoms with Gasteiger partial charge in [-0.05, 0) is 36.4 Å². The van der Waals surface area contributed by atoms with Crippen LogP contribution < -0.4 is 14.4 Å². The number of nitrogens with zero attached hydrogens (tertiary/aromatic N) is 1. The number of hydrogen-bond donors (Lipinski definition) is 2. The number of amides is 1. The van der Waals surface area contributed by atoms with Crippen molar-refractivity contribution in [2.24, 2.45) is 5.92 Å². The first-order valence-electron chi connectivity index (χ1n) is 8.10. The number of rotatable bonds is 6. The van der Waals surface area contributed by atoms with E-state index in [0.717, 1.165) is 0 Å². The van der Waals surface area contributed by atoms with Crippen LogP contribution in [-0.4, -0.2) is 39.1 Å². The van der Waals surface area contributed by atoms with Crippen LogP contribution >= 0.6 is 0 Å². The number of hydrogen-bond acceptors (Lipinski definition) is 5. The molecule has 1 aliphatic heterocycles. The minimum absolute atomic E-state index is 0.0236. The summed E-state index contributed by atoms with van der Waals surface area (Å²) in [6.07, 6.45) is -0.0627. The molecule has 1 amide bonds. The predicted octanol–water partition coefficient (Wildman–Crippen LogP) is 1.93. The molecule has 8 nitrogen and oxygen atoms in total. The topological polar surface area (TPSA) is 113 Å². The van der Waals surface area contributed by atoms with Gasteiger partial charge in [0.15, 0.2) is 0 Å². The van der Waals surface area contributed by atoms with Gasteiger partial charge in [0, 0.05) is 24.7 Å². The lowest BCUT2D eigenvalue weighted by Gasteiger charge is -2.16. The van der Waals surface area contributed by atoms with Crippen molar-refractivity contribution < 1.29 is 27.9 Å². The van der Waals surface area contributed by atoms with Crippen molar-refractivity contribution in [1.29, 1.82) is 0 Å². The van der Waals surface area contributed by atoms with Crippen LogP contribution in [0.4, 0.5) is 11.4 Å². The molecule has 1 heterocycles. The summed E-state index contributed by atoms with van der Waals surface area (Å²) >= 11 is 0. The average molecular weight is 390 g/mol. The van der Waals surface area contributed by atoms with Gasteiger partial charge in [-0.25, -0.2) is 8.42 Å². The summed E-state index contributed by atoms with van der Waals surface area (Å²) in [6.45, 7) is 0.0717. The van der Waals surface area contributed by atoms with E-state index in [-0.39, 0.29) is 23.8 Å². The van der Waals surface area contributed by atoms with Crippen molar-refractivity contribution in [3.05, 3.63) is 48.5 Å². The highest BCUT2D eigenvalue weighted by Gasteiger charge is 2.35. The molecule has 142 valence electrons. The molecule has 2 N–H and O–H groups in total. The standard InChI is InChI=1S/C18H18N2O6S/c1-26-15-4-2-3-13(10-15)19-27(24,25)16-7-5-14(6-8-16)20-11-12(18(22)23)9-17(20)21/h2-8,10,12,19H,9,11H2,1H3,(H,22,23)/t12-/m0/s1. The number of benzene rings is 2. The molecule has 1 saturated heterocycles. The number of methoxy groups -OCH3 is 1. The van der Waals surface area contributed by atoms with Crippen molar-refractivity contribution in [1.82, 2.24) is 0 Å². The number of aliphatic carboxylic acids is 1. The lowest BCUT2D eigenvalue weighted by atomic mass is 10.1. The SMILES string of the molecule is COc1cccc(NS(=O)(=O)c2ccc(N3C[C@@H](C(=O)O)CC3=O)cc2)c1. The summed E-state index contributed by atoms with van der Waals surface area (Å²) < 4.78 is 32.6. The van der Waals surface area contributed by atoms with Gasteiger partial charge in [-0.3, -0.25) is 14.3 Å². The van der Waals surface area contributed by atoms with Crippen LogP contribution in [0.3, 0.4) is 0 Å². The highest BCUT2D eigenvalue weighted by atomic mass is 32.2. The van der Waals surface area contributed by atoms with E-state index < -0.39 is 21.9 Å². The Hall–Kier alpha value is -3.07. The van der Waals surface area contributed by atoms with Crippen LogP contribution in [0.2, 0.25) is 0 Å². The van der Waals surface area contributed by atoms with E-state index in [1.54, 1.807) is 24.3 Å². The maximum atomic E-state index is 12.5. The minimum Gasteiger partial charge on any atom is -0.497 e. The van der Waals surface area contributed by atoms with E-state index in [1.165, 1.54) is 36.3 Å². The molecule has 9 heteroatoms. The van der Waals surface area contributed by atoms with Gasteiger partial charge in [-0.15, -0.1) is 0 Å². The second-order valence-electron chi connectivity index (χ2n) is 6.07. The Balaban J connectivity index is 1.78. The number of nitrogens with one attached hydrogen (secondary N) is 1. The fourth-order valence-electron chi connectivity index (χ4n) is 2.83. The van der Waals surface area contributed by atoms with E-state index in [4.69, 9.17) is 9.84 Å². The zero-order valence-corrected chi connectivity index (χ0v) is 15.3. The predicted molar refractivity (Wildman–Crippen MR) is 98.3 cm³/mol. The minimum atomic E-state index is -3.82. The lowest BCUT2D eigenvalue weighted by Crippen LogP contribution is -2.25. The summed E-state index contributed by atoms with van der Waals surface area (Å²) in [4.78, 5) is 24.4. The summed E-state index contributed by atoms with van der Waals surface area (Å²) in [5.41, 5.74) is 0.821. The molecular formula is C18H18N2O6S. The second-order valence-corrected chi connectivity index (χ2v) is 7.76. The molecule has 0 radical (unpaired) electrons. The van der Waals surface area contributed by atoms with Crippen molar-refractivity contribution in [2.75, 3.05) is 23.3 Å². The van der Waals surface area contributed by atoms with Gasteiger partial charge >= 0.3 is 5.97 Å². The first-order valence-corrected chi connectivity index (χ1v) is 9.58. The number of carbonyl (C=O) groups excluding carboxylic acids is 1. The Morgan fingerprint density at radius 2 is 1.93 bits per heavy atom. The molecule has 2 aromatic rings. The van der Waals surface area contributed by atoms with E-state index in [0.29, 0.717) is 17.1 Å². The van der Waals surface area contributed by atoms with Gasteiger partial charge < -0.3 is 14.7 Å². The second kappa shape index (κ2) is 7.28. The maximum Gasteiger partial charge on any atom is 0.308 e. The molecule has 1 aliphatic rings. The van der Waals surface area contributed by atoms with Gasteiger partial charge in [0.05, 0.1) is 23.6 Å². The Bertz CT molecular complexity index is 972. The number of sulfonamides is 1. The fraction of sp³-hybridized carbons (Fsp3) is 0.222. The van der Waals surface area contributed by atoms with E-state index >= 15 is 0 Å². The van der Waals surface area contributed by atoms with E-state index in [2.05, 4.69) is 4.72 Å². The molecule has 0 unspecified atom stereocenters. The molecule has 0 saturated carbocycles. The molecule has 0 aliphatic carbocycles. The van der Waals surface area contributed by atoms with Crippen LogP contribution in [0, 0.1) is 5.92 Å². The molecule has 0 spiro atoms. The largest absolute Gasteiger partial charge is 0.497 e. The Labute approximate surface area is 156 Å². The molecule has 27 heavy (non-hydrogen) atoms. The normalized spacial score (nSPS) is 17.0. The number of ether oxygens (including phenoxy) is 1. The zero-order chi connectivity index (χ0) is 19.6. The third-order valence-corrected chi connectivity index (χ3v) is 5.65. The number of carbonyl (C=O) groups is 2. The van der Waals surface area contributed by atoms with E-state index in [1.807, 2.05) is 0 Å². The van der Waals surface area contributed by atoms with Gasteiger partial charge in [0.25, 0.3) is 10.0 Å². The molecule has 2 aromatic carbocycles. The van der Waals surface area contributed by atoms with Gasteiger partial charge in [0.1, 0.15) is 5.75 Å². The van der Waals surface area contributed by atoms with Crippen LogP contribution in [-0.2, 0) is 19.6 Å². The molecule has 0 bridgehead atoms. The number of carboxylic acid groups (broad SMARTS) is 1.